The van der Waals surface area contributed by atoms with E-state index in [2.05, 4.69) is 13.0 Å². The Morgan fingerprint density at radius 3 is 2.12 bits per heavy atom. The first-order chi connectivity index (χ1) is 8.24. The number of rotatable bonds is 3. The molecule has 2 rings (SSSR count). The summed E-state index contributed by atoms with van der Waals surface area (Å²) < 4.78 is 0. The molecule has 2 nitrogen and oxygen atoms in total. The summed E-state index contributed by atoms with van der Waals surface area (Å²) in [5.41, 5.74) is 3.72. The van der Waals surface area contributed by atoms with Gasteiger partial charge in [0.05, 0.1) is 0 Å². The summed E-state index contributed by atoms with van der Waals surface area (Å²) in [4.78, 5) is 0. The molecule has 0 heterocycles. The van der Waals surface area contributed by atoms with Gasteiger partial charge in [-0.05, 0) is 28.6 Å². The van der Waals surface area contributed by atoms with Crippen LogP contribution in [0.3, 0.4) is 0 Å². The average Bonchev–Trinajstić information content (AvgIpc) is 2.38. The van der Waals surface area contributed by atoms with Gasteiger partial charge >= 0.3 is 7.12 Å². The summed E-state index contributed by atoms with van der Waals surface area (Å²) in [7, 11) is -1.43. The molecule has 0 atom stereocenters. The van der Waals surface area contributed by atoms with Crippen molar-refractivity contribution in [1.82, 2.24) is 0 Å². The van der Waals surface area contributed by atoms with Crippen LogP contribution >= 0.6 is 0 Å². The standard InChI is InChI=1S/C14H15BO2/c1-2-11-7-3-4-8-12(11)13-9-5-6-10-14(13)15(16)17/h3-10,16-17H,2H2,1H3. The summed E-state index contributed by atoms with van der Waals surface area (Å²) in [5, 5.41) is 18.8. The Morgan fingerprint density at radius 2 is 1.47 bits per heavy atom. The van der Waals surface area contributed by atoms with Gasteiger partial charge in [0.1, 0.15) is 0 Å². The van der Waals surface area contributed by atoms with E-state index in [1.54, 1.807) is 6.07 Å². The molecule has 0 aliphatic heterocycles. The molecule has 0 amide bonds. The maximum absolute atomic E-state index is 9.39. The van der Waals surface area contributed by atoms with Gasteiger partial charge in [-0.2, -0.15) is 0 Å². The molecule has 0 spiro atoms. The fourth-order valence-electron chi connectivity index (χ4n) is 2.06. The van der Waals surface area contributed by atoms with Gasteiger partial charge in [0.25, 0.3) is 0 Å². The van der Waals surface area contributed by atoms with Crippen molar-refractivity contribution in [3.8, 4) is 11.1 Å². The van der Waals surface area contributed by atoms with Crippen LogP contribution in [-0.2, 0) is 6.42 Å². The molecule has 3 heteroatoms. The summed E-state index contributed by atoms with van der Waals surface area (Å²) in [5.74, 6) is 0. The van der Waals surface area contributed by atoms with E-state index >= 15 is 0 Å². The number of aryl methyl sites for hydroxylation is 1. The van der Waals surface area contributed by atoms with Crippen LogP contribution in [0.4, 0.5) is 0 Å². The van der Waals surface area contributed by atoms with Crippen LogP contribution in [0.1, 0.15) is 12.5 Å². The number of hydrogen-bond acceptors (Lipinski definition) is 2. The largest absolute Gasteiger partial charge is 0.489 e. The third kappa shape index (κ3) is 2.41. The van der Waals surface area contributed by atoms with Crippen molar-refractivity contribution in [2.75, 3.05) is 0 Å². The van der Waals surface area contributed by atoms with Gasteiger partial charge in [0, 0.05) is 0 Å². The normalized spacial score (nSPS) is 10.3. The van der Waals surface area contributed by atoms with Crippen LogP contribution in [0.5, 0.6) is 0 Å². The minimum Gasteiger partial charge on any atom is -0.423 e. The zero-order valence-electron chi connectivity index (χ0n) is 9.80. The topological polar surface area (TPSA) is 40.5 Å². The second-order valence-corrected chi connectivity index (χ2v) is 3.97. The lowest BCUT2D eigenvalue weighted by atomic mass is 9.75. The zero-order valence-corrected chi connectivity index (χ0v) is 9.80. The second-order valence-electron chi connectivity index (χ2n) is 3.97. The summed E-state index contributed by atoms with van der Waals surface area (Å²) in [6, 6.07) is 15.4. The lowest BCUT2D eigenvalue weighted by molar-refractivity contribution is 0.426. The number of hydrogen-bond donors (Lipinski definition) is 2. The minimum absolute atomic E-state index is 0.549. The first-order valence-corrected chi connectivity index (χ1v) is 5.77. The van der Waals surface area contributed by atoms with E-state index in [1.165, 1.54) is 5.56 Å². The van der Waals surface area contributed by atoms with Gasteiger partial charge in [-0.15, -0.1) is 0 Å². The first kappa shape index (κ1) is 11.9. The molecule has 0 unspecified atom stereocenters. The Bertz CT molecular complexity index is 509. The fourth-order valence-corrected chi connectivity index (χ4v) is 2.06. The van der Waals surface area contributed by atoms with Crippen LogP contribution in [0.2, 0.25) is 0 Å². The monoisotopic (exact) mass is 226 g/mol. The first-order valence-electron chi connectivity index (χ1n) is 5.77. The Morgan fingerprint density at radius 1 is 0.882 bits per heavy atom. The Labute approximate surface area is 102 Å². The van der Waals surface area contributed by atoms with Crippen molar-refractivity contribution < 1.29 is 10.0 Å². The van der Waals surface area contributed by atoms with Crippen LogP contribution in [0.25, 0.3) is 11.1 Å². The van der Waals surface area contributed by atoms with Crippen molar-refractivity contribution in [3.05, 3.63) is 54.1 Å². The summed E-state index contributed by atoms with van der Waals surface area (Å²) >= 11 is 0. The molecular weight excluding hydrogens is 211 g/mol. The highest BCUT2D eigenvalue weighted by atomic mass is 16.4. The van der Waals surface area contributed by atoms with Gasteiger partial charge in [-0.25, -0.2) is 0 Å². The van der Waals surface area contributed by atoms with Crippen molar-refractivity contribution in [2.45, 2.75) is 13.3 Å². The molecule has 86 valence electrons. The van der Waals surface area contributed by atoms with Crippen molar-refractivity contribution in [1.29, 1.82) is 0 Å². The Hall–Kier alpha value is -1.58. The van der Waals surface area contributed by atoms with Crippen LogP contribution in [0, 0.1) is 0 Å². The quantitative estimate of drug-likeness (QED) is 0.780. The minimum atomic E-state index is -1.43. The van der Waals surface area contributed by atoms with E-state index < -0.39 is 7.12 Å². The predicted octanol–water partition coefficient (Wildman–Crippen LogP) is 1.60. The van der Waals surface area contributed by atoms with E-state index in [1.807, 2.05) is 36.4 Å². The van der Waals surface area contributed by atoms with E-state index in [9.17, 15) is 10.0 Å². The van der Waals surface area contributed by atoms with Gasteiger partial charge in [0.15, 0.2) is 0 Å². The van der Waals surface area contributed by atoms with Gasteiger partial charge in [-0.1, -0.05) is 55.5 Å². The van der Waals surface area contributed by atoms with E-state index in [0.29, 0.717) is 5.46 Å². The molecule has 0 fully saturated rings. The predicted molar refractivity (Wildman–Crippen MR) is 71.1 cm³/mol. The molecule has 0 aromatic heterocycles. The van der Waals surface area contributed by atoms with Crippen molar-refractivity contribution in [2.24, 2.45) is 0 Å². The van der Waals surface area contributed by atoms with Crippen LogP contribution in [0.15, 0.2) is 48.5 Å². The average molecular weight is 226 g/mol. The molecule has 0 saturated carbocycles. The summed E-state index contributed by atoms with van der Waals surface area (Å²) in [6.45, 7) is 2.09. The van der Waals surface area contributed by atoms with Gasteiger partial charge in [0.2, 0.25) is 0 Å². The molecule has 0 saturated heterocycles. The molecule has 0 bridgehead atoms. The molecule has 2 N–H and O–H groups in total. The molecule has 0 radical (unpaired) electrons. The highest BCUT2D eigenvalue weighted by Crippen LogP contribution is 2.22. The Kier molecular flexibility index (Phi) is 3.62. The molecule has 0 aliphatic carbocycles. The third-order valence-electron chi connectivity index (χ3n) is 2.93. The lowest BCUT2D eigenvalue weighted by Gasteiger charge is -2.12. The Balaban J connectivity index is 2.60. The third-order valence-corrected chi connectivity index (χ3v) is 2.93. The molecule has 0 aliphatic rings. The van der Waals surface area contributed by atoms with Crippen LogP contribution < -0.4 is 5.46 Å². The van der Waals surface area contributed by atoms with E-state index in [0.717, 1.165) is 17.5 Å². The fraction of sp³-hybridized carbons (Fsp3) is 0.143. The molecule has 17 heavy (non-hydrogen) atoms. The summed E-state index contributed by atoms with van der Waals surface area (Å²) in [6.07, 6.45) is 0.923. The van der Waals surface area contributed by atoms with Crippen molar-refractivity contribution in [3.63, 3.8) is 0 Å². The number of benzene rings is 2. The second kappa shape index (κ2) is 5.17. The zero-order chi connectivity index (χ0) is 12.3. The lowest BCUT2D eigenvalue weighted by Crippen LogP contribution is -2.31. The van der Waals surface area contributed by atoms with Crippen LogP contribution in [-0.4, -0.2) is 17.2 Å². The van der Waals surface area contributed by atoms with Gasteiger partial charge < -0.3 is 10.0 Å². The highest BCUT2D eigenvalue weighted by molar-refractivity contribution is 6.60. The maximum Gasteiger partial charge on any atom is 0.489 e. The smallest absolute Gasteiger partial charge is 0.423 e. The SMILES string of the molecule is CCc1ccccc1-c1ccccc1B(O)O. The van der Waals surface area contributed by atoms with E-state index in [-0.39, 0.29) is 0 Å². The molecule has 2 aromatic carbocycles. The maximum atomic E-state index is 9.39. The van der Waals surface area contributed by atoms with E-state index in [4.69, 9.17) is 0 Å². The molecular formula is C14H15BO2. The van der Waals surface area contributed by atoms with Crippen molar-refractivity contribution >= 4 is 12.6 Å². The molecule has 2 aromatic rings. The highest BCUT2D eigenvalue weighted by Gasteiger charge is 2.17. The van der Waals surface area contributed by atoms with Gasteiger partial charge in [-0.3, -0.25) is 0 Å².